The zero-order valence-electron chi connectivity index (χ0n) is 11.1. The largest absolute Gasteiger partial charge is 0.437 e. The van der Waals surface area contributed by atoms with Crippen LogP contribution < -0.4 is 10.1 Å². The van der Waals surface area contributed by atoms with Gasteiger partial charge in [-0.25, -0.2) is 0 Å². The second kappa shape index (κ2) is 6.02. The maximum atomic E-state index is 5.83. The van der Waals surface area contributed by atoms with Gasteiger partial charge in [-0.15, -0.1) is 0 Å². The maximum Gasteiger partial charge on any atom is 0.239 e. The van der Waals surface area contributed by atoms with Crippen LogP contribution in [-0.2, 0) is 0 Å². The van der Waals surface area contributed by atoms with Crippen LogP contribution in [0.2, 0.25) is 0 Å². The first-order valence-electron chi connectivity index (χ1n) is 6.07. The van der Waals surface area contributed by atoms with Crippen molar-refractivity contribution in [1.29, 1.82) is 0 Å². The summed E-state index contributed by atoms with van der Waals surface area (Å²) in [5, 5.41) is 2.94. The molecular weight excluding hydrogens is 306 g/mol. The van der Waals surface area contributed by atoms with Crippen molar-refractivity contribution in [2.75, 3.05) is 12.4 Å². The predicted octanol–water partition coefficient (Wildman–Crippen LogP) is 4.20. The van der Waals surface area contributed by atoms with Crippen LogP contribution in [0.3, 0.4) is 0 Å². The van der Waals surface area contributed by atoms with E-state index in [0.717, 1.165) is 15.8 Å². The second-order valence-electron chi connectivity index (χ2n) is 4.43. The number of anilines is 1. The second-order valence-corrected chi connectivity index (χ2v) is 5.35. The summed E-state index contributed by atoms with van der Waals surface area (Å²) in [6, 6.07) is 5.96. The van der Waals surface area contributed by atoms with Crippen LogP contribution in [0.5, 0.6) is 11.6 Å². The van der Waals surface area contributed by atoms with Crippen molar-refractivity contribution >= 4 is 21.7 Å². The molecule has 0 saturated heterocycles. The minimum Gasteiger partial charge on any atom is -0.437 e. The monoisotopic (exact) mass is 321 g/mol. The normalized spacial score (nSPS) is 10.6. The Balaban J connectivity index is 2.32. The lowest BCUT2D eigenvalue weighted by atomic mass is 10.0. The highest BCUT2D eigenvalue weighted by molar-refractivity contribution is 9.10. The number of hydrogen-bond donors (Lipinski definition) is 1. The van der Waals surface area contributed by atoms with Gasteiger partial charge in [-0.3, -0.25) is 4.98 Å². The van der Waals surface area contributed by atoms with E-state index in [0.29, 0.717) is 17.6 Å². The van der Waals surface area contributed by atoms with Crippen molar-refractivity contribution in [3.8, 4) is 11.6 Å². The van der Waals surface area contributed by atoms with Gasteiger partial charge in [0.1, 0.15) is 11.6 Å². The quantitative estimate of drug-likeness (QED) is 0.916. The van der Waals surface area contributed by atoms with Gasteiger partial charge in [0.15, 0.2) is 0 Å². The average molecular weight is 322 g/mol. The molecule has 0 fully saturated rings. The van der Waals surface area contributed by atoms with Gasteiger partial charge >= 0.3 is 0 Å². The standard InChI is InChI=1S/C14H16BrN3O/c1-9(2)11-6-10(15)4-5-12(11)19-14-8-17-7-13(16-3)18-14/h4-9H,1-3H3,(H,16,18). The molecule has 5 heteroatoms. The highest BCUT2D eigenvalue weighted by atomic mass is 79.9. The molecule has 0 bridgehead atoms. The third-order valence-corrected chi connectivity index (χ3v) is 3.17. The Hall–Kier alpha value is -1.62. The summed E-state index contributed by atoms with van der Waals surface area (Å²) in [5.41, 5.74) is 1.13. The molecule has 0 saturated carbocycles. The minimum atomic E-state index is 0.368. The van der Waals surface area contributed by atoms with Crippen molar-refractivity contribution < 1.29 is 4.74 Å². The van der Waals surface area contributed by atoms with Crippen LogP contribution in [-0.4, -0.2) is 17.0 Å². The van der Waals surface area contributed by atoms with E-state index in [-0.39, 0.29) is 0 Å². The Bertz CT molecular complexity index is 572. The summed E-state index contributed by atoms with van der Waals surface area (Å²) in [6.45, 7) is 4.26. The van der Waals surface area contributed by atoms with E-state index in [1.807, 2.05) is 12.1 Å². The zero-order chi connectivity index (χ0) is 13.8. The van der Waals surface area contributed by atoms with Crippen LogP contribution >= 0.6 is 15.9 Å². The predicted molar refractivity (Wildman–Crippen MR) is 79.9 cm³/mol. The molecule has 0 radical (unpaired) electrons. The Labute approximate surface area is 121 Å². The number of ether oxygens (including phenoxy) is 1. The molecule has 1 N–H and O–H groups in total. The molecule has 0 atom stereocenters. The molecule has 0 aliphatic rings. The first-order chi connectivity index (χ1) is 9.10. The van der Waals surface area contributed by atoms with E-state index in [9.17, 15) is 0 Å². The molecule has 19 heavy (non-hydrogen) atoms. The van der Waals surface area contributed by atoms with Gasteiger partial charge in [0.05, 0.1) is 12.4 Å². The molecule has 2 aromatic rings. The lowest BCUT2D eigenvalue weighted by Crippen LogP contribution is -1.98. The van der Waals surface area contributed by atoms with Crippen LogP contribution in [0.15, 0.2) is 35.1 Å². The molecule has 0 aliphatic heterocycles. The van der Waals surface area contributed by atoms with Gasteiger partial charge in [-0.05, 0) is 29.7 Å². The Morgan fingerprint density at radius 3 is 2.74 bits per heavy atom. The highest BCUT2D eigenvalue weighted by Crippen LogP contribution is 2.32. The lowest BCUT2D eigenvalue weighted by molar-refractivity contribution is 0.452. The molecule has 0 spiro atoms. The molecule has 0 unspecified atom stereocenters. The van der Waals surface area contributed by atoms with Gasteiger partial charge in [-0.2, -0.15) is 4.98 Å². The summed E-state index contributed by atoms with van der Waals surface area (Å²) in [6.07, 6.45) is 3.25. The Morgan fingerprint density at radius 2 is 2.05 bits per heavy atom. The Morgan fingerprint density at radius 1 is 1.26 bits per heavy atom. The average Bonchev–Trinajstić information content (AvgIpc) is 2.41. The van der Waals surface area contributed by atoms with E-state index in [4.69, 9.17) is 4.74 Å². The molecule has 0 amide bonds. The molecule has 2 rings (SSSR count). The van der Waals surface area contributed by atoms with Gasteiger partial charge in [0.2, 0.25) is 5.88 Å². The maximum absolute atomic E-state index is 5.83. The minimum absolute atomic E-state index is 0.368. The lowest BCUT2D eigenvalue weighted by Gasteiger charge is -2.13. The number of nitrogens with zero attached hydrogens (tertiary/aromatic N) is 2. The van der Waals surface area contributed by atoms with E-state index in [1.165, 1.54) is 0 Å². The molecule has 1 heterocycles. The topological polar surface area (TPSA) is 47.0 Å². The smallest absolute Gasteiger partial charge is 0.239 e. The van der Waals surface area contributed by atoms with Crippen molar-refractivity contribution in [2.24, 2.45) is 0 Å². The number of benzene rings is 1. The van der Waals surface area contributed by atoms with Gasteiger partial charge in [0.25, 0.3) is 0 Å². The third kappa shape index (κ3) is 3.44. The molecule has 4 nitrogen and oxygen atoms in total. The summed E-state index contributed by atoms with van der Waals surface area (Å²) >= 11 is 3.48. The van der Waals surface area contributed by atoms with Crippen molar-refractivity contribution in [3.63, 3.8) is 0 Å². The fourth-order valence-electron chi connectivity index (χ4n) is 1.69. The van der Waals surface area contributed by atoms with Gasteiger partial charge in [-0.1, -0.05) is 29.8 Å². The van der Waals surface area contributed by atoms with E-state index in [2.05, 4.69) is 51.1 Å². The first-order valence-corrected chi connectivity index (χ1v) is 6.86. The first kappa shape index (κ1) is 13.8. The van der Waals surface area contributed by atoms with Crippen LogP contribution in [0, 0.1) is 0 Å². The number of rotatable bonds is 4. The molecular formula is C14H16BrN3O. The SMILES string of the molecule is CNc1cncc(Oc2ccc(Br)cc2C(C)C)n1. The van der Waals surface area contributed by atoms with Crippen LogP contribution in [0.25, 0.3) is 0 Å². The third-order valence-electron chi connectivity index (χ3n) is 2.68. The van der Waals surface area contributed by atoms with E-state index >= 15 is 0 Å². The van der Waals surface area contributed by atoms with Crippen molar-refractivity contribution in [1.82, 2.24) is 9.97 Å². The summed E-state index contributed by atoms with van der Waals surface area (Å²) < 4.78 is 6.87. The zero-order valence-corrected chi connectivity index (χ0v) is 12.7. The van der Waals surface area contributed by atoms with Crippen LogP contribution in [0.1, 0.15) is 25.3 Å². The number of aromatic nitrogens is 2. The van der Waals surface area contributed by atoms with Gasteiger partial charge in [0, 0.05) is 11.5 Å². The molecule has 1 aromatic carbocycles. The summed E-state index contributed by atoms with van der Waals surface area (Å²) in [5.74, 6) is 2.34. The summed E-state index contributed by atoms with van der Waals surface area (Å²) in [7, 11) is 1.80. The van der Waals surface area contributed by atoms with E-state index < -0.39 is 0 Å². The highest BCUT2D eigenvalue weighted by Gasteiger charge is 2.10. The number of nitrogens with one attached hydrogen (secondary N) is 1. The number of halogens is 1. The molecule has 100 valence electrons. The molecule has 1 aromatic heterocycles. The van der Waals surface area contributed by atoms with Crippen molar-refractivity contribution in [2.45, 2.75) is 19.8 Å². The van der Waals surface area contributed by atoms with Crippen LogP contribution in [0.4, 0.5) is 5.82 Å². The number of hydrogen-bond acceptors (Lipinski definition) is 4. The Kier molecular flexibility index (Phi) is 4.37. The fraction of sp³-hybridized carbons (Fsp3) is 0.286. The van der Waals surface area contributed by atoms with E-state index in [1.54, 1.807) is 19.4 Å². The fourth-order valence-corrected chi connectivity index (χ4v) is 2.07. The molecule has 0 aliphatic carbocycles. The van der Waals surface area contributed by atoms with Crippen molar-refractivity contribution in [3.05, 3.63) is 40.6 Å². The summed E-state index contributed by atoms with van der Waals surface area (Å²) in [4.78, 5) is 8.39. The van der Waals surface area contributed by atoms with Gasteiger partial charge < -0.3 is 10.1 Å².